The van der Waals surface area contributed by atoms with Crippen LogP contribution in [0.15, 0.2) is 66.9 Å². The van der Waals surface area contributed by atoms with E-state index in [1.54, 1.807) is 24.4 Å². The molecular weight excluding hydrogens is 274 g/mol. The Hall–Kier alpha value is -2.94. The zero-order chi connectivity index (χ0) is 15.4. The Labute approximate surface area is 128 Å². The lowest BCUT2D eigenvalue weighted by molar-refractivity contribution is 0.111. The van der Waals surface area contributed by atoms with Crippen LogP contribution in [0.1, 0.15) is 21.6 Å². The van der Waals surface area contributed by atoms with E-state index in [0.29, 0.717) is 5.69 Å². The molecular formula is C19H15NO2. The van der Waals surface area contributed by atoms with E-state index < -0.39 is 0 Å². The third kappa shape index (κ3) is 3.20. The van der Waals surface area contributed by atoms with E-state index >= 15 is 0 Å². The number of pyridine rings is 1. The summed E-state index contributed by atoms with van der Waals surface area (Å²) < 4.78 is 0. The van der Waals surface area contributed by atoms with Crippen molar-refractivity contribution in [3.63, 3.8) is 0 Å². The molecule has 0 fully saturated rings. The first-order chi connectivity index (χ1) is 10.7. The van der Waals surface area contributed by atoms with Gasteiger partial charge in [0.1, 0.15) is 11.4 Å². The lowest BCUT2D eigenvalue weighted by Crippen LogP contribution is -1.92. The number of benzene rings is 2. The second kappa shape index (κ2) is 6.22. The minimum absolute atomic E-state index is 0.261. The Balaban J connectivity index is 1.85. The summed E-state index contributed by atoms with van der Waals surface area (Å²) in [6, 6.07) is 19.0. The molecule has 3 heteroatoms. The van der Waals surface area contributed by atoms with Gasteiger partial charge in [0.05, 0.1) is 0 Å². The SMILES string of the molecule is O=Cc1ccc(Cc2cccc(-c3cccc(O)c3)c2)cn1. The number of phenolic OH excluding ortho intramolecular Hbond substituents is 1. The van der Waals surface area contributed by atoms with Crippen LogP contribution in [-0.2, 0) is 6.42 Å². The van der Waals surface area contributed by atoms with Crippen molar-refractivity contribution in [3.05, 3.63) is 83.7 Å². The third-order valence-electron chi connectivity index (χ3n) is 3.48. The van der Waals surface area contributed by atoms with E-state index in [-0.39, 0.29) is 5.75 Å². The molecule has 3 rings (SSSR count). The number of rotatable bonds is 4. The van der Waals surface area contributed by atoms with Crippen molar-refractivity contribution in [1.29, 1.82) is 0 Å². The van der Waals surface area contributed by atoms with Gasteiger partial charge in [0.2, 0.25) is 0 Å². The van der Waals surface area contributed by atoms with E-state index in [9.17, 15) is 9.90 Å². The maximum Gasteiger partial charge on any atom is 0.168 e. The van der Waals surface area contributed by atoms with Gasteiger partial charge in [0.25, 0.3) is 0 Å². The lowest BCUT2D eigenvalue weighted by Gasteiger charge is -2.06. The summed E-state index contributed by atoms with van der Waals surface area (Å²) in [6.45, 7) is 0. The van der Waals surface area contributed by atoms with Gasteiger partial charge in [-0.05, 0) is 46.9 Å². The first-order valence-electron chi connectivity index (χ1n) is 7.03. The average molecular weight is 289 g/mol. The van der Waals surface area contributed by atoms with Crippen molar-refractivity contribution in [2.45, 2.75) is 6.42 Å². The molecule has 0 aliphatic rings. The van der Waals surface area contributed by atoms with Gasteiger partial charge in [-0.2, -0.15) is 0 Å². The fourth-order valence-corrected chi connectivity index (χ4v) is 2.39. The first kappa shape index (κ1) is 14.0. The van der Waals surface area contributed by atoms with Crippen molar-refractivity contribution in [1.82, 2.24) is 4.98 Å². The molecule has 0 saturated heterocycles. The molecule has 0 bridgehead atoms. The van der Waals surface area contributed by atoms with Gasteiger partial charge in [0.15, 0.2) is 6.29 Å². The fraction of sp³-hybridized carbons (Fsp3) is 0.0526. The van der Waals surface area contributed by atoms with Gasteiger partial charge < -0.3 is 5.11 Å². The highest BCUT2D eigenvalue weighted by molar-refractivity contribution is 5.71. The molecule has 0 radical (unpaired) electrons. The summed E-state index contributed by atoms with van der Waals surface area (Å²) in [5, 5.41) is 9.59. The molecule has 0 aliphatic heterocycles. The topological polar surface area (TPSA) is 50.2 Å². The van der Waals surface area contributed by atoms with Gasteiger partial charge in [-0.3, -0.25) is 9.78 Å². The minimum Gasteiger partial charge on any atom is -0.508 e. The third-order valence-corrected chi connectivity index (χ3v) is 3.48. The van der Waals surface area contributed by atoms with Crippen LogP contribution in [0.25, 0.3) is 11.1 Å². The molecule has 0 atom stereocenters. The predicted octanol–water partition coefficient (Wildman–Crippen LogP) is 3.86. The van der Waals surface area contributed by atoms with E-state index in [1.807, 2.05) is 30.3 Å². The number of aromatic hydroxyl groups is 1. The Bertz CT molecular complexity index is 795. The molecule has 3 nitrogen and oxygen atoms in total. The van der Waals surface area contributed by atoms with Gasteiger partial charge >= 0.3 is 0 Å². The number of aldehydes is 1. The summed E-state index contributed by atoms with van der Waals surface area (Å²) in [5.41, 5.74) is 4.69. The fourth-order valence-electron chi connectivity index (χ4n) is 2.39. The van der Waals surface area contributed by atoms with Crippen molar-refractivity contribution in [3.8, 4) is 16.9 Å². The second-order valence-corrected chi connectivity index (χ2v) is 5.14. The first-order valence-corrected chi connectivity index (χ1v) is 7.03. The quantitative estimate of drug-likeness (QED) is 0.742. The normalized spacial score (nSPS) is 10.4. The molecule has 1 N–H and O–H groups in total. The van der Waals surface area contributed by atoms with Gasteiger partial charge in [-0.1, -0.05) is 42.5 Å². The van der Waals surface area contributed by atoms with Gasteiger partial charge in [0, 0.05) is 6.20 Å². The lowest BCUT2D eigenvalue weighted by atomic mass is 9.99. The van der Waals surface area contributed by atoms with Crippen LogP contribution in [0.3, 0.4) is 0 Å². The Morgan fingerprint density at radius 2 is 1.68 bits per heavy atom. The Morgan fingerprint density at radius 3 is 2.36 bits per heavy atom. The number of nitrogens with zero attached hydrogens (tertiary/aromatic N) is 1. The zero-order valence-corrected chi connectivity index (χ0v) is 11.9. The molecule has 0 amide bonds. The zero-order valence-electron chi connectivity index (χ0n) is 11.9. The summed E-state index contributed by atoms with van der Waals surface area (Å²) in [5.74, 6) is 0.261. The molecule has 0 saturated carbocycles. The van der Waals surface area contributed by atoms with Crippen molar-refractivity contribution >= 4 is 6.29 Å². The van der Waals surface area contributed by atoms with Crippen LogP contribution in [0.5, 0.6) is 5.75 Å². The molecule has 108 valence electrons. The Kier molecular flexibility index (Phi) is 3.97. The number of hydrogen-bond acceptors (Lipinski definition) is 3. The van der Waals surface area contributed by atoms with Crippen LogP contribution >= 0.6 is 0 Å². The van der Waals surface area contributed by atoms with Crippen LogP contribution in [0, 0.1) is 0 Å². The maximum atomic E-state index is 10.6. The number of aromatic nitrogens is 1. The molecule has 0 aliphatic carbocycles. The van der Waals surface area contributed by atoms with Crippen molar-refractivity contribution in [2.75, 3.05) is 0 Å². The molecule has 22 heavy (non-hydrogen) atoms. The highest BCUT2D eigenvalue weighted by atomic mass is 16.3. The van der Waals surface area contributed by atoms with Gasteiger partial charge in [-0.15, -0.1) is 0 Å². The van der Waals surface area contributed by atoms with Crippen LogP contribution in [0.2, 0.25) is 0 Å². The molecule has 3 aromatic rings. The molecule has 0 spiro atoms. The second-order valence-electron chi connectivity index (χ2n) is 5.14. The Morgan fingerprint density at radius 1 is 0.909 bits per heavy atom. The van der Waals surface area contributed by atoms with E-state index in [0.717, 1.165) is 35.0 Å². The molecule has 2 aromatic carbocycles. The number of carbonyl (C=O) groups is 1. The highest BCUT2D eigenvalue weighted by Gasteiger charge is 2.02. The number of phenols is 1. The highest BCUT2D eigenvalue weighted by Crippen LogP contribution is 2.24. The predicted molar refractivity (Wildman–Crippen MR) is 86.0 cm³/mol. The van der Waals surface area contributed by atoms with E-state index in [4.69, 9.17) is 0 Å². The standard InChI is InChI=1S/C19H15NO2/c21-13-18-8-7-15(12-20-18)9-14-3-1-4-16(10-14)17-5-2-6-19(22)11-17/h1-8,10-13,22H,9H2. The van der Waals surface area contributed by atoms with E-state index in [1.165, 1.54) is 0 Å². The van der Waals surface area contributed by atoms with Crippen molar-refractivity contribution < 1.29 is 9.90 Å². The summed E-state index contributed by atoms with van der Waals surface area (Å²) >= 11 is 0. The van der Waals surface area contributed by atoms with Crippen LogP contribution in [-0.4, -0.2) is 16.4 Å². The largest absolute Gasteiger partial charge is 0.508 e. The maximum absolute atomic E-state index is 10.6. The number of hydrogen-bond donors (Lipinski definition) is 1. The van der Waals surface area contributed by atoms with Crippen LogP contribution in [0.4, 0.5) is 0 Å². The average Bonchev–Trinajstić information content (AvgIpc) is 2.56. The minimum atomic E-state index is 0.261. The number of carbonyl (C=O) groups excluding carboxylic acids is 1. The van der Waals surface area contributed by atoms with Crippen LogP contribution < -0.4 is 0 Å². The molecule has 1 aromatic heterocycles. The summed E-state index contributed by atoms with van der Waals surface area (Å²) in [7, 11) is 0. The molecule has 0 unspecified atom stereocenters. The van der Waals surface area contributed by atoms with E-state index in [2.05, 4.69) is 17.1 Å². The smallest absolute Gasteiger partial charge is 0.168 e. The molecule has 1 heterocycles. The monoisotopic (exact) mass is 289 g/mol. The van der Waals surface area contributed by atoms with Crippen molar-refractivity contribution in [2.24, 2.45) is 0 Å². The summed E-state index contributed by atoms with van der Waals surface area (Å²) in [4.78, 5) is 14.7. The summed E-state index contributed by atoms with van der Waals surface area (Å²) in [6.07, 6.45) is 3.22. The van der Waals surface area contributed by atoms with Gasteiger partial charge in [-0.25, -0.2) is 0 Å².